The number of hydrogen-bond acceptors (Lipinski definition) is 3. The van der Waals surface area contributed by atoms with Gasteiger partial charge in [0, 0.05) is 13.2 Å². The zero-order valence-electron chi connectivity index (χ0n) is 11.9. The molecule has 106 valence electrons. The van der Waals surface area contributed by atoms with Crippen molar-refractivity contribution in [1.82, 2.24) is 4.90 Å². The Morgan fingerprint density at radius 2 is 2.17 bits per heavy atom. The number of likely N-dealkylation sites (N-methyl/N-ethyl adjacent to an activating group) is 1. The van der Waals surface area contributed by atoms with Crippen LogP contribution in [0.2, 0.25) is 0 Å². The van der Waals surface area contributed by atoms with Gasteiger partial charge < -0.3 is 14.7 Å². The zero-order chi connectivity index (χ0) is 13.6. The summed E-state index contributed by atoms with van der Waals surface area (Å²) >= 11 is 0. The van der Waals surface area contributed by atoms with E-state index in [0.717, 1.165) is 39.0 Å². The lowest BCUT2D eigenvalue weighted by Crippen LogP contribution is -2.30. The largest absolute Gasteiger partial charge is 0.481 e. The minimum Gasteiger partial charge on any atom is -0.481 e. The van der Waals surface area contributed by atoms with Crippen molar-refractivity contribution >= 4 is 5.97 Å². The highest BCUT2D eigenvalue weighted by Gasteiger charge is 2.26. The number of nitrogens with zero attached hydrogens (tertiary/aromatic N) is 1. The lowest BCUT2D eigenvalue weighted by molar-refractivity contribution is -0.147. The lowest BCUT2D eigenvalue weighted by atomic mass is 9.87. The average molecular weight is 257 g/mol. The van der Waals surface area contributed by atoms with E-state index >= 15 is 0 Å². The quantitative estimate of drug-likeness (QED) is 0.678. The van der Waals surface area contributed by atoms with Gasteiger partial charge in [0.1, 0.15) is 0 Å². The van der Waals surface area contributed by atoms with Crippen LogP contribution >= 0.6 is 0 Å². The topological polar surface area (TPSA) is 49.8 Å². The first kappa shape index (κ1) is 15.4. The van der Waals surface area contributed by atoms with Crippen LogP contribution in [0, 0.1) is 5.41 Å². The highest BCUT2D eigenvalue weighted by molar-refractivity contribution is 5.73. The van der Waals surface area contributed by atoms with Crippen LogP contribution in [0.1, 0.15) is 46.0 Å². The fourth-order valence-corrected chi connectivity index (χ4v) is 2.28. The Morgan fingerprint density at radius 3 is 2.72 bits per heavy atom. The second-order valence-electron chi connectivity index (χ2n) is 6.04. The van der Waals surface area contributed by atoms with Crippen molar-refractivity contribution < 1.29 is 14.6 Å². The van der Waals surface area contributed by atoms with E-state index < -0.39 is 11.4 Å². The molecule has 0 aromatic heterocycles. The number of hydrogen-bond donors (Lipinski definition) is 1. The van der Waals surface area contributed by atoms with Gasteiger partial charge in [0.2, 0.25) is 0 Å². The third-order valence-electron chi connectivity index (χ3n) is 3.71. The predicted molar refractivity (Wildman–Crippen MR) is 71.7 cm³/mol. The molecule has 1 unspecified atom stereocenters. The van der Waals surface area contributed by atoms with Crippen molar-refractivity contribution in [2.75, 3.05) is 26.7 Å². The smallest absolute Gasteiger partial charge is 0.309 e. The van der Waals surface area contributed by atoms with Gasteiger partial charge >= 0.3 is 5.97 Å². The molecule has 0 bridgehead atoms. The highest BCUT2D eigenvalue weighted by atomic mass is 16.5. The van der Waals surface area contributed by atoms with Gasteiger partial charge in [0.05, 0.1) is 11.5 Å². The summed E-state index contributed by atoms with van der Waals surface area (Å²) in [5.41, 5.74) is -0.590. The Balaban J connectivity index is 2.08. The monoisotopic (exact) mass is 257 g/mol. The van der Waals surface area contributed by atoms with E-state index in [0.29, 0.717) is 6.10 Å². The van der Waals surface area contributed by atoms with Crippen LogP contribution in [0.4, 0.5) is 0 Å². The maximum Gasteiger partial charge on any atom is 0.309 e. The SMILES string of the molecule is CN(CCCCC(C)(C)C(=O)O)CC1CCCO1. The van der Waals surface area contributed by atoms with Crippen molar-refractivity contribution in [1.29, 1.82) is 0 Å². The van der Waals surface area contributed by atoms with E-state index in [-0.39, 0.29) is 0 Å². The summed E-state index contributed by atoms with van der Waals surface area (Å²) in [4.78, 5) is 13.2. The molecule has 0 aromatic rings. The van der Waals surface area contributed by atoms with Crippen LogP contribution in [-0.4, -0.2) is 48.8 Å². The standard InChI is InChI=1S/C14H27NO3/c1-14(2,13(16)17)8-4-5-9-15(3)11-12-7-6-10-18-12/h12H,4-11H2,1-3H3,(H,16,17). The molecule has 1 saturated heterocycles. The number of carboxylic acid groups (broad SMARTS) is 1. The van der Waals surface area contributed by atoms with Crippen LogP contribution in [-0.2, 0) is 9.53 Å². The fraction of sp³-hybridized carbons (Fsp3) is 0.929. The number of rotatable bonds is 8. The molecule has 1 fully saturated rings. The summed E-state index contributed by atoms with van der Waals surface area (Å²) < 4.78 is 5.60. The first-order valence-electron chi connectivity index (χ1n) is 6.95. The molecule has 0 amide bonds. The summed E-state index contributed by atoms with van der Waals surface area (Å²) in [6.07, 6.45) is 5.54. The van der Waals surface area contributed by atoms with Gasteiger partial charge in [0.25, 0.3) is 0 Å². The van der Waals surface area contributed by atoms with Gasteiger partial charge in [-0.1, -0.05) is 6.42 Å². The molecule has 1 heterocycles. The minimum absolute atomic E-state index is 0.408. The van der Waals surface area contributed by atoms with Crippen molar-refractivity contribution in [3.05, 3.63) is 0 Å². The van der Waals surface area contributed by atoms with Gasteiger partial charge in [-0.25, -0.2) is 0 Å². The molecule has 0 radical (unpaired) electrons. The second-order valence-corrected chi connectivity index (χ2v) is 6.04. The van der Waals surface area contributed by atoms with Gasteiger partial charge in [-0.15, -0.1) is 0 Å². The zero-order valence-corrected chi connectivity index (χ0v) is 11.9. The average Bonchev–Trinajstić information content (AvgIpc) is 2.77. The molecule has 18 heavy (non-hydrogen) atoms. The van der Waals surface area contributed by atoms with Crippen LogP contribution in [0.5, 0.6) is 0 Å². The van der Waals surface area contributed by atoms with Crippen LogP contribution < -0.4 is 0 Å². The Hall–Kier alpha value is -0.610. The molecule has 1 aliphatic heterocycles. The predicted octanol–water partition coefficient (Wildman–Crippen LogP) is 2.38. The number of unbranched alkanes of at least 4 members (excludes halogenated alkanes) is 1. The van der Waals surface area contributed by atoms with E-state index in [9.17, 15) is 4.79 Å². The molecule has 0 saturated carbocycles. The normalized spacial score (nSPS) is 20.6. The van der Waals surface area contributed by atoms with Crippen molar-refractivity contribution in [2.45, 2.75) is 52.1 Å². The van der Waals surface area contributed by atoms with Gasteiger partial charge in [-0.3, -0.25) is 4.79 Å². The first-order chi connectivity index (χ1) is 8.42. The molecule has 4 heteroatoms. The number of aliphatic carboxylic acids is 1. The van der Waals surface area contributed by atoms with E-state index in [1.54, 1.807) is 13.8 Å². The molecule has 1 atom stereocenters. The van der Waals surface area contributed by atoms with E-state index in [4.69, 9.17) is 9.84 Å². The van der Waals surface area contributed by atoms with Gasteiger partial charge in [0.15, 0.2) is 0 Å². The lowest BCUT2D eigenvalue weighted by Gasteiger charge is -2.22. The Bertz CT molecular complexity index is 260. The number of ether oxygens (including phenoxy) is 1. The maximum absolute atomic E-state index is 11.0. The second kappa shape index (κ2) is 7.10. The Labute approximate surface area is 110 Å². The molecule has 0 aromatic carbocycles. The summed E-state index contributed by atoms with van der Waals surface area (Å²) in [5.74, 6) is -0.699. The fourth-order valence-electron chi connectivity index (χ4n) is 2.28. The summed E-state index contributed by atoms with van der Waals surface area (Å²) in [6.45, 7) is 6.53. The summed E-state index contributed by atoms with van der Waals surface area (Å²) in [6, 6.07) is 0. The number of carboxylic acids is 1. The summed E-state index contributed by atoms with van der Waals surface area (Å²) in [7, 11) is 2.12. The molecule has 0 spiro atoms. The van der Waals surface area contributed by atoms with E-state index in [1.807, 2.05) is 0 Å². The molecule has 4 nitrogen and oxygen atoms in total. The van der Waals surface area contributed by atoms with Crippen LogP contribution in [0.15, 0.2) is 0 Å². The Morgan fingerprint density at radius 1 is 1.44 bits per heavy atom. The number of carbonyl (C=O) groups is 1. The minimum atomic E-state index is -0.699. The van der Waals surface area contributed by atoms with E-state index in [1.165, 1.54) is 12.8 Å². The van der Waals surface area contributed by atoms with E-state index in [2.05, 4.69) is 11.9 Å². The molecule has 0 aliphatic carbocycles. The van der Waals surface area contributed by atoms with Crippen molar-refractivity contribution in [3.63, 3.8) is 0 Å². The highest BCUT2D eigenvalue weighted by Crippen LogP contribution is 2.23. The molecule has 1 aliphatic rings. The summed E-state index contributed by atoms with van der Waals surface area (Å²) in [5, 5.41) is 9.01. The molecule has 1 N–H and O–H groups in total. The van der Waals surface area contributed by atoms with Gasteiger partial charge in [-0.2, -0.15) is 0 Å². The molecular weight excluding hydrogens is 230 g/mol. The first-order valence-corrected chi connectivity index (χ1v) is 6.95. The Kier molecular flexibility index (Phi) is 6.09. The maximum atomic E-state index is 11.0. The van der Waals surface area contributed by atoms with Crippen LogP contribution in [0.3, 0.4) is 0 Å². The third-order valence-corrected chi connectivity index (χ3v) is 3.71. The molecule has 1 rings (SSSR count). The molecular formula is C14H27NO3. The van der Waals surface area contributed by atoms with Crippen molar-refractivity contribution in [2.24, 2.45) is 5.41 Å². The van der Waals surface area contributed by atoms with Crippen molar-refractivity contribution in [3.8, 4) is 0 Å². The van der Waals surface area contributed by atoms with Gasteiger partial charge in [-0.05, 0) is 53.1 Å². The third kappa shape index (κ3) is 5.36. The van der Waals surface area contributed by atoms with Crippen LogP contribution in [0.25, 0.3) is 0 Å².